The van der Waals surface area contributed by atoms with Crippen LogP contribution in [0.1, 0.15) is 35.8 Å². The monoisotopic (exact) mass is 394 g/mol. The molecule has 4 nitrogen and oxygen atoms in total. The fourth-order valence-corrected chi connectivity index (χ4v) is 3.29. The zero-order valence-electron chi connectivity index (χ0n) is 13.3. The van der Waals surface area contributed by atoms with Crippen molar-refractivity contribution in [2.45, 2.75) is 26.7 Å². The summed E-state index contributed by atoms with van der Waals surface area (Å²) >= 11 is 4.91. The number of rotatable bonds is 6. The Hall–Kier alpha value is -1.66. The van der Waals surface area contributed by atoms with E-state index in [4.69, 9.17) is 4.74 Å². The third kappa shape index (κ3) is 5.48. The van der Waals surface area contributed by atoms with Crippen LogP contribution in [0.15, 0.2) is 39.2 Å². The molecule has 122 valence electrons. The summed E-state index contributed by atoms with van der Waals surface area (Å²) in [5.41, 5.74) is 4.67. The maximum atomic E-state index is 11.8. The summed E-state index contributed by atoms with van der Waals surface area (Å²) in [6, 6.07) is 7.97. The van der Waals surface area contributed by atoms with Gasteiger partial charge in [0.2, 0.25) is 0 Å². The molecule has 0 saturated carbocycles. The van der Waals surface area contributed by atoms with Gasteiger partial charge in [-0.2, -0.15) is 5.10 Å². The summed E-state index contributed by atoms with van der Waals surface area (Å²) in [5, 5.41) is 5.88. The highest BCUT2D eigenvalue weighted by Gasteiger charge is 2.10. The minimum atomic E-state index is -0.284. The molecule has 1 amide bonds. The van der Waals surface area contributed by atoms with Crippen molar-refractivity contribution in [3.8, 4) is 5.75 Å². The lowest BCUT2D eigenvalue weighted by Gasteiger charge is -2.14. The van der Waals surface area contributed by atoms with Crippen molar-refractivity contribution in [2.75, 3.05) is 6.61 Å². The molecule has 0 aliphatic carbocycles. The number of hydrazone groups is 1. The first kappa shape index (κ1) is 17.7. The SMILES string of the molecule is Cc1ccc(C(C)C)c(OCC(=O)N/N=C/c2cc(Br)cs2)c1. The summed E-state index contributed by atoms with van der Waals surface area (Å²) in [6.07, 6.45) is 1.61. The quantitative estimate of drug-likeness (QED) is 0.580. The molecular formula is C17H19BrN2O2S. The van der Waals surface area contributed by atoms with Gasteiger partial charge in [0.25, 0.3) is 5.91 Å². The number of benzene rings is 1. The second kappa shape index (κ2) is 8.26. The number of hydrogen-bond acceptors (Lipinski definition) is 4. The lowest BCUT2D eigenvalue weighted by molar-refractivity contribution is -0.123. The van der Waals surface area contributed by atoms with Crippen molar-refractivity contribution in [3.63, 3.8) is 0 Å². The molecular weight excluding hydrogens is 376 g/mol. The molecule has 0 atom stereocenters. The van der Waals surface area contributed by atoms with Gasteiger partial charge in [-0.1, -0.05) is 26.0 Å². The number of amides is 1. The van der Waals surface area contributed by atoms with Crippen LogP contribution in [0.3, 0.4) is 0 Å². The second-order valence-corrected chi connectivity index (χ2v) is 7.30. The largest absolute Gasteiger partial charge is 0.483 e. The topological polar surface area (TPSA) is 50.7 Å². The van der Waals surface area contributed by atoms with E-state index in [9.17, 15) is 4.79 Å². The van der Waals surface area contributed by atoms with Crippen molar-refractivity contribution < 1.29 is 9.53 Å². The fourth-order valence-electron chi connectivity index (χ4n) is 1.98. The Kier molecular flexibility index (Phi) is 6.36. The number of ether oxygens (including phenoxy) is 1. The Bertz CT molecular complexity index is 710. The third-order valence-corrected chi connectivity index (χ3v) is 4.75. The van der Waals surface area contributed by atoms with E-state index in [2.05, 4.69) is 40.3 Å². The number of hydrogen-bond donors (Lipinski definition) is 1. The van der Waals surface area contributed by atoms with Gasteiger partial charge in [-0.25, -0.2) is 5.43 Å². The van der Waals surface area contributed by atoms with Crippen molar-refractivity contribution in [1.29, 1.82) is 0 Å². The highest BCUT2D eigenvalue weighted by Crippen LogP contribution is 2.27. The van der Waals surface area contributed by atoms with Crippen LogP contribution in [0.25, 0.3) is 0 Å². The van der Waals surface area contributed by atoms with E-state index < -0.39 is 0 Å². The van der Waals surface area contributed by atoms with Gasteiger partial charge in [0.05, 0.1) is 6.21 Å². The predicted octanol–water partition coefficient (Wildman–Crippen LogP) is 4.47. The van der Waals surface area contributed by atoms with E-state index in [0.717, 1.165) is 26.2 Å². The number of aryl methyl sites for hydroxylation is 1. The van der Waals surface area contributed by atoms with E-state index in [-0.39, 0.29) is 12.5 Å². The molecule has 6 heteroatoms. The zero-order valence-corrected chi connectivity index (χ0v) is 15.7. The number of carbonyl (C=O) groups excluding carboxylic acids is 1. The molecule has 0 unspecified atom stereocenters. The molecule has 0 radical (unpaired) electrons. The predicted molar refractivity (Wildman–Crippen MR) is 98.5 cm³/mol. The van der Waals surface area contributed by atoms with Gasteiger partial charge in [-0.15, -0.1) is 11.3 Å². The second-order valence-electron chi connectivity index (χ2n) is 5.45. The minimum absolute atomic E-state index is 0.0609. The third-order valence-electron chi connectivity index (χ3n) is 3.12. The molecule has 1 heterocycles. The first-order valence-electron chi connectivity index (χ1n) is 7.25. The Morgan fingerprint density at radius 2 is 2.22 bits per heavy atom. The van der Waals surface area contributed by atoms with Crippen molar-refractivity contribution >= 4 is 39.4 Å². The highest BCUT2D eigenvalue weighted by molar-refractivity contribution is 9.10. The molecule has 23 heavy (non-hydrogen) atoms. The Balaban J connectivity index is 1.89. The van der Waals surface area contributed by atoms with Crippen LogP contribution >= 0.6 is 27.3 Å². The lowest BCUT2D eigenvalue weighted by atomic mass is 10.0. The molecule has 1 aromatic carbocycles. The van der Waals surface area contributed by atoms with Crippen LogP contribution in [-0.2, 0) is 4.79 Å². The van der Waals surface area contributed by atoms with E-state index >= 15 is 0 Å². The van der Waals surface area contributed by atoms with Crippen molar-refractivity contribution in [1.82, 2.24) is 5.43 Å². The van der Waals surface area contributed by atoms with Crippen LogP contribution in [0.2, 0.25) is 0 Å². The van der Waals surface area contributed by atoms with E-state index in [1.807, 2.05) is 36.6 Å². The minimum Gasteiger partial charge on any atom is -0.483 e. The van der Waals surface area contributed by atoms with Crippen LogP contribution in [0.5, 0.6) is 5.75 Å². The molecule has 1 aromatic heterocycles. The van der Waals surface area contributed by atoms with E-state index in [1.54, 1.807) is 6.21 Å². The molecule has 0 fully saturated rings. The molecule has 2 aromatic rings. The number of nitrogens with one attached hydrogen (secondary N) is 1. The number of nitrogens with zero attached hydrogens (tertiary/aromatic N) is 1. The number of carbonyl (C=O) groups is 1. The smallest absolute Gasteiger partial charge is 0.277 e. The fraction of sp³-hybridized carbons (Fsp3) is 0.294. The summed E-state index contributed by atoms with van der Waals surface area (Å²) < 4.78 is 6.66. The van der Waals surface area contributed by atoms with Gasteiger partial charge in [-0.05, 0) is 52.0 Å². The van der Waals surface area contributed by atoms with Gasteiger partial charge >= 0.3 is 0 Å². The molecule has 0 bridgehead atoms. The van der Waals surface area contributed by atoms with Crippen molar-refractivity contribution in [3.05, 3.63) is 50.1 Å². The van der Waals surface area contributed by atoms with Gasteiger partial charge in [0.1, 0.15) is 5.75 Å². The summed E-state index contributed by atoms with van der Waals surface area (Å²) in [4.78, 5) is 12.8. The molecule has 0 aliphatic rings. The molecule has 2 rings (SSSR count). The molecule has 1 N–H and O–H groups in total. The zero-order chi connectivity index (χ0) is 16.8. The Labute approximate surface area is 148 Å². The van der Waals surface area contributed by atoms with E-state index in [0.29, 0.717) is 5.92 Å². The number of halogens is 1. The molecule has 0 spiro atoms. The maximum Gasteiger partial charge on any atom is 0.277 e. The van der Waals surface area contributed by atoms with Gasteiger partial charge in [0, 0.05) is 14.7 Å². The van der Waals surface area contributed by atoms with E-state index in [1.165, 1.54) is 11.3 Å². The normalized spacial score (nSPS) is 11.2. The average Bonchev–Trinajstić information content (AvgIpc) is 2.90. The molecule has 0 aliphatic heterocycles. The first-order valence-corrected chi connectivity index (χ1v) is 8.92. The van der Waals surface area contributed by atoms with Gasteiger partial charge < -0.3 is 4.74 Å². The highest BCUT2D eigenvalue weighted by atomic mass is 79.9. The van der Waals surface area contributed by atoms with Crippen molar-refractivity contribution in [2.24, 2.45) is 5.10 Å². The average molecular weight is 395 g/mol. The summed E-state index contributed by atoms with van der Waals surface area (Å²) in [6.45, 7) is 6.14. The van der Waals surface area contributed by atoms with Crippen LogP contribution in [-0.4, -0.2) is 18.7 Å². The van der Waals surface area contributed by atoms with Crippen LogP contribution in [0.4, 0.5) is 0 Å². The summed E-state index contributed by atoms with van der Waals surface area (Å²) in [7, 11) is 0. The standard InChI is InChI=1S/C17H19BrN2O2S/c1-11(2)15-5-4-12(3)6-16(15)22-9-17(21)20-19-8-14-7-13(18)10-23-14/h4-8,10-11H,9H2,1-3H3,(H,20,21)/b19-8+. The lowest BCUT2D eigenvalue weighted by Crippen LogP contribution is -2.24. The maximum absolute atomic E-state index is 11.8. The van der Waals surface area contributed by atoms with Gasteiger partial charge in [0.15, 0.2) is 6.61 Å². The number of thiophene rings is 1. The Morgan fingerprint density at radius 3 is 2.87 bits per heavy atom. The van der Waals surface area contributed by atoms with Gasteiger partial charge in [-0.3, -0.25) is 4.79 Å². The molecule has 0 saturated heterocycles. The van der Waals surface area contributed by atoms with Crippen LogP contribution in [0, 0.1) is 6.92 Å². The summed E-state index contributed by atoms with van der Waals surface area (Å²) in [5.74, 6) is 0.804. The van der Waals surface area contributed by atoms with Crippen LogP contribution < -0.4 is 10.2 Å². The first-order chi connectivity index (χ1) is 11.0. The Morgan fingerprint density at radius 1 is 1.43 bits per heavy atom.